The van der Waals surface area contributed by atoms with Gasteiger partial charge in [0.1, 0.15) is 5.75 Å². The molecule has 1 saturated heterocycles. The number of amides is 2. The second-order valence-corrected chi connectivity index (χ2v) is 8.12. The molecule has 1 aliphatic rings. The van der Waals surface area contributed by atoms with E-state index in [0.29, 0.717) is 44.3 Å². The molecule has 150 valence electrons. The van der Waals surface area contributed by atoms with Gasteiger partial charge >= 0.3 is 0 Å². The number of benzene rings is 1. The molecule has 0 unspecified atom stereocenters. The Bertz CT molecular complexity index is 655. The third kappa shape index (κ3) is 5.98. The number of nitrogens with zero attached hydrogens (tertiary/aromatic N) is 2. The highest BCUT2D eigenvalue weighted by Crippen LogP contribution is 2.25. The highest BCUT2D eigenvalue weighted by molar-refractivity contribution is 5.80. The lowest BCUT2D eigenvalue weighted by Gasteiger charge is -2.23. The Hall–Kier alpha value is -2.04. The molecule has 1 aliphatic heterocycles. The fourth-order valence-corrected chi connectivity index (χ4v) is 3.47. The zero-order valence-corrected chi connectivity index (χ0v) is 17.5. The van der Waals surface area contributed by atoms with Crippen LogP contribution >= 0.6 is 0 Å². The first kappa shape index (κ1) is 21.3. The van der Waals surface area contributed by atoms with Gasteiger partial charge in [-0.15, -0.1) is 0 Å². The monoisotopic (exact) mass is 374 g/mol. The van der Waals surface area contributed by atoms with Crippen molar-refractivity contribution in [3.63, 3.8) is 0 Å². The lowest BCUT2D eigenvalue weighted by molar-refractivity contribution is -0.133. The summed E-state index contributed by atoms with van der Waals surface area (Å²) < 4.78 is 5.45. The quantitative estimate of drug-likeness (QED) is 0.766. The van der Waals surface area contributed by atoms with Gasteiger partial charge in [-0.25, -0.2) is 0 Å². The second kappa shape index (κ2) is 9.77. The van der Waals surface area contributed by atoms with Crippen molar-refractivity contribution >= 4 is 11.8 Å². The van der Waals surface area contributed by atoms with Crippen molar-refractivity contribution in [1.29, 1.82) is 0 Å². The van der Waals surface area contributed by atoms with Crippen molar-refractivity contribution in [2.24, 2.45) is 5.92 Å². The second-order valence-electron chi connectivity index (χ2n) is 8.12. The van der Waals surface area contributed by atoms with Gasteiger partial charge in [0, 0.05) is 38.2 Å². The van der Waals surface area contributed by atoms with Crippen LogP contribution in [0.5, 0.6) is 5.75 Å². The van der Waals surface area contributed by atoms with E-state index in [1.165, 1.54) is 5.56 Å². The smallest absolute Gasteiger partial charge is 0.227 e. The minimum absolute atomic E-state index is 0.104. The zero-order chi connectivity index (χ0) is 20.0. The Kier molecular flexibility index (Phi) is 7.69. The number of carbonyl (C=O) groups is 2. The molecule has 1 aromatic carbocycles. The Morgan fingerprint density at radius 1 is 1.00 bits per heavy atom. The Morgan fingerprint density at radius 2 is 1.63 bits per heavy atom. The molecule has 0 spiro atoms. The molecule has 2 rings (SSSR count). The first-order valence-corrected chi connectivity index (χ1v) is 10.0. The number of ether oxygens (including phenoxy) is 1. The number of carbonyl (C=O) groups excluding carboxylic acids is 2. The standard InChI is InChI=1S/C22H34N2O3/c1-16(2)13-21(25)23-9-6-10-24(12-11-23)22(26)15-19-14-18(17(3)4)7-8-20(19)27-5/h7-8,14,16-17H,6,9-13,15H2,1-5H3. The highest BCUT2D eigenvalue weighted by atomic mass is 16.5. The number of hydrogen-bond donors (Lipinski definition) is 0. The minimum atomic E-state index is 0.104. The molecule has 1 fully saturated rings. The van der Waals surface area contributed by atoms with E-state index in [2.05, 4.69) is 39.8 Å². The van der Waals surface area contributed by atoms with Crippen LogP contribution < -0.4 is 4.74 Å². The van der Waals surface area contributed by atoms with Crippen molar-refractivity contribution in [2.75, 3.05) is 33.3 Å². The van der Waals surface area contributed by atoms with Gasteiger partial charge in [-0.1, -0.05) is 39.8 Å². The molecule has 0 aliphatic carbocycles. The molecule has 0 saturated carbocycles. The van der Waals surface area contributed by atoms with Crippen molar-refractivity contribution < 1.29 is 14.3 Å². The van der Waals surface area contributed by atoms with Gasteiger partial charge in [-0.2, -0.15) is 0 Å². The molecule has 1 heterocycles. The van der Waals surface area contributed by atoms with Crippen molar-refractivity contribution in [3.8, 4) is 5.75 Å². The summed E-state index contributed by atoms with van der Waals surface area (Å²) in [5, 5.41) is 0. The van der Waals surface area contributed by atoms with Crippen molar-refractivity contribution in [1.82, 2.24) is 9.80 Å². The maximum Gasteiger partial charge on any atom is 0.227 e. The van der Waals surface area contributed by atoms with Gasteiger partial charge < -0.3 is 14.5 Å². The van der Waals surface area contributed by atoms with Gasteiger partial charge in [0.25, 0.3) is 0 Å². The molecule has 5 nitrogen and oxygen atoms in total. The summed E-state index contributed by atoms with van der Waals surface area (Å²) in [4.78, 5) is 29.0. The first-order chi connectivity index (χ1) is 12.8. The predicted molar refractivity (Wildman–Crippen MR) is 108 cm³/mol. The normalized spacial score (nSPS) is 15.2. The summed E-state index contributed by atoms with van der Waals surface area (Å²) in [7, 11) is 1.64. The summed E-state index contributed by atoms with van der Waals surface area (Å²) in [5.74, 6) is 1.83. The van der Waals surface area contributed by atoms with E-state index < -0.39 is 0 Å². The van der Waals surface area contributed by atoms with Gasteiger partial charge in [-0.3, -0.25) is 9.59 Å². The maximum atomic E-state index is 12.9. The number of methoxy groups -OCH3 is 1. The lowest BCUT2D eigenvalue weighted by atomic mass is 9.98. The molecule has 0 aromatic heterocycles. The van der Waals surface area contributed by atoms with Crippen LogP contribution in [0.1, 0.15) is 57.6 Å². The van der Waals surface area contributed by atoms with Gasteiger partial charge in [-0.05, 0) is 29.9 Å². The summed E-state index contributed by atoms with van der Waals surface area (Å²) in [6, 6.07) is 6.09. The molecular weight excluding hydrogens is 340 g/mol. The maximum absolute atomic E-state index is 12.9. The van der Waals surface area contributed by atoms with Crippen molar-refractivity contribution in [3.05, 3.63) is 29.3 Å². The Labute approximate surface area is 163 Å². The zero-order valence-electron chi connectivity index (χ0n) is 17.5. The summed E-state index contributed by atoms with van der Waals surface area (Å²) >= 11 is 0. The molecule has 2 amide bonds. The van der Waals surface area contributed by atoms with Crippen LogP contribution in [0.2, 0.25) is 0 Å². The van der Waals surface area contributed by atoms with Crippen LogP contribution in [0.15, 0.2) is 18.2 Å². The van der Waals surface area contributed by atoms with Gasteiger partial charge in [0.2, 0.25) is 11.8 Å². The molecule has 27 heavy (non-hydrogen) atoms. The number of hydrogen-bond acceptors (Lipinski definition) is 3. The van der Waals surface area contributed by atoms with Crippen LogP contribution in [-0.2, 0) is 16.0 Å². The third-order valence-corrected chi connectivity index (χ3v) is 5.10. The lowest BCUT2D eigenvalue weighted by Crippen LogP contribution is -2.38. The largest absolute Gasteiger partial charge is 0.496 e. The summed E-state index contributed by atoms with van der Waals surface area (Å²) in [5.41, 5.74) is 2.14. The minimum Gasteiger partial charge on any atom is -0.496 e. The third-order valence-electron chi connectivity index (χ3n) is 5.10. The predicted octanol–water partition coefficient (Wildman–Crippen LogP) is 3.47. The molecule has 1 aromatic rings. The van der Waals surface area contributed by atoms with Crippen molar-refractivity contribution in [2.45, 2.75) is 52.9 Å². The Balaban J connectivity index is 2.02. The van der Waals surface area contributed by atoms with E-state index in [4.69, 9.17) is 4.74 Å². The SMILES string of the molecule is COc1ccc(C(C)C)cc1CC(=O)N1CCCN(C(=O)CC(C)C)CC1. The van der Waals surface area contributed by atoms with Crippen LogP contribution in [0.4, 0.5) is 0 Å². The average Bonchev–Trinajstić information content (AvgIpc) is 2.87. The van der Waals surface area contributed by atoms with Crippen LogP contribution in [0, 0.1) is 5.92 Å². The van der Waals surface area contributed by atoms with E-state index in [0.717, 1.165) is 24.3 Å². The van der Waals surface area contributed by atoms with Crippen LogP contribution in [0.25, 0.3) is 0 Å². The molecule has 0 radical (unpaired) electrons. The summed E-state index contributed by atoms with van der Waals surface area (Å²) in [6.45, 7) is 11.1. The van der Waals surface area contributed by atoms with E-state index >= 15 is 0 Å². The first-order valence-electron chi connectivity index (χ1n) is 10.0. The van der Waals surface area contributed by atoms with Gasteiger partial charge in [0.15, 0.2) is 0 Å². The molecule has 0 N–H and O–H groups in total. The Morgan fingerprint density at radius 3 is 2.19 bits per heavy atom. The van der Waals surface area contributed by atoms with Gasteiger partial charge in [0.05, 0.1) is 13.5 Å². The van der Waals surface area contributed by atoms with E-state index in [-0.39, 0.29) is 11.8 Å². The van der Waals surface area contributed by atoms with E-state index in [1.807, 2.05) is 15.9 Å². The molecule has 0 atom stereocenters. The van der Waals surface area contributed by atoms with Crippen LogP contribution in [-0.4, -0.2) is 54.9 Å². The molecule has 5 heteroatoms. The van der Waals surface area contributed by atoms with E-state index in [9.17, 15) is 9.59 Å². The molecule has 0 bridgehead atoms. The topological polar surface area (TPSA) is 49.9 Å². The fraction of sp³-hybridized carbons (Fsp3) is 0.636. The van der Waals surface area contributed by atoms with Crippen LogP contribution in [0.3, 0.4) is 0 Å². The average molecular weight is 375 g/mol. The summed E-state index contributed by atoms with van der Waals surface area (Å²) in [6.07, 6.45) is 1.75. The molecular formula is C22H34N2O3. The number of rotatable bonds is 6. The van der Waals surface area contributed by atoms with E-state index in [1.54, 1.807) is 7.11 Å². The highest BCUT2D eigenvalue weighted by Gasteiger charge is 2.23. The fourth-order valence-electron chi connectivity index (χ4n) is 3.47.